The number of rotatable bonds is 4. The summed E-state index contributed by atoms with van der Waals surface area (Å²) in [6.45, 7) is 9.65. The molecule has 2 heterocycles. The van der Waals surface area contributed by atoms with Crippen molar-refractivity contribution in [3.05, 3.63) is 41.4 Å². The number of hydrogen-bond acceptors (Lipinski definition) is 3. The Morgan fingerprint density at radius 1 is 1.25 bits per heavy atom. The Kier molecular flexibility index (Phi) is 5.31. The summed E-state index contributed by atoms with van der Waals surface area (Å²) < 4.78 is 0. The lowest BCUT2D eigenvalue weighted by Crippen LogP contribution is -3.13. The van der Waals surface area contributed by atoms with E-state index in [1.807, 2.05) is 30.3 Å². The average molecular weight is 345 g/mol. The Morgan fingerprint density at radius 3 is 2.54 bits per heavy atom. The predicted octanol–water partition coefficient (Wildman–Crippen LogP) is 2.89. The molecule has 1 fully saturated rings. The maximum absolute atomic E-state index is 12.1. The number of carbonyl (C=O) groups excluding carboxylic acids is 1. The second-order valence-corrected chi connectivity index (χ2v) is 7.93. The summed E-state index contributed by atoms with van der Waals surface area (Å²) in [7, 11) is 0. The first kappa shape index (κ1) is 17.1. The van der Waals surface area contributed by atoms with E-state index >= 15 is 0 Å². The van der Waals surface area contributed by atoms with E-state index in [0.29, 0.717) is 0 Å². The van der Waals surface area contributed by atoms with Gasteiger partial charge in [-0.3, -0.25) is 9.69 Å². The number of quaternary nitrogens is 1. The number of nitrogens with one attached hydrogen (secondary N) is 1. The monoisotopic (exact) mass is 344 g/mol. The number of carbonyl (C=O) groups is 1. The van der Waals surface area contributed by atoms with Crippen LogP contribution in [0.25, 0.3) is 0 Å². The number of likely N-dealkylation sites (tertiary alicyclic amines) is 1. The third kappa shape index (κ3) is 4.02. The second-order valence-electron chi connectivity index (χ2n) is 7.09. The number of hydrogen-bond donors (Lipinski definition) is 1. The zero-order valence-corrected chi connectivity index (χ0v) is 15.5. The highest BCUT2D eigenvalue weighted by Gasteiger charge is 2.26. The summed E-state index contributed by atoms with van der Waals surface area (Å²) in [6, 6.07) is 9.74. The van der Waals surface area contributed by atoms with E-state index in [1.165, 1.54) is 19.5 Å². The van der Waals surface area contributed by atoms with Crippen molar-refractivity contribution in [3.8, 4) is 0 Å². The van der Waals surface area contributed by atoms with Gasteiger partial charge >= 0.3 is 0 Å². The highest BCUT2D eigenvalue weighted by molar-refractivity contribution is 7.14. The molecule has 0 radical (unpaired) electrons. The van der Waals surface area contributed by atoms with Gasteiger partial charge in [-0.15, -0.1) is 11.3 Å². The lowest BCUT2D eigenvalue weighted by molar-refractivity contribution is -0.925. The van der Waals surface area contributed by atoms with Crippen molar-refractivity contribution in [1.82, 2.24) is 4.98 Å². The molecular weight excluding hydrogens is 318 g/mol. The first-order valence-corrected chi connectivity index (χ1v) is 9.54. The minimum absolute atomic E-state index is 0.00494. The van der Waals surface area contributed by atoms with Crippen LogP contribution in [-0.4, -0.2) is 24.0 Å². The minimum atomic E-state index is -0.00494. The number of piperidine rings is 1. The molecule has 4 nitrogen and oxygen atoms in total. The number of benzene rings is 1. The molecule has 1 aliphatic heterocycles. The van der Waals surface area contributed by atoms with Crippen molar-refractivity contribution in [1.29, 1.82) is 0 Å². The number of anilines is 2. The van der Waals surface area contributed by atoms with E-state index in [9.17, 15) is 4.79 Å². The lowest BCUT2D eigenvalue weighted by atomic mass is 9.92. The zero-order valence-electron chi connectivity index (χ0n) is 14.7. The fraction of sp³-hybridized carbons (Fsp3) is 0.474. The molecule has 5 heteroatoms. The van der Waals surface area contributed by atoms with Gasteiger partial charge in [0.05, 0.1) is 18.8 Å². The number of aromatic nitrogens is 1. The minimum Gasteiger partial charge on any atom is -0.329 e. The fourth-order valence-electron chi connectivity index (χ4n) is 3.81. The molecule has 2 aromatic rings. The highest BCUT2D eigenvalue weighted by Crippen LogP contribution is 2.28. The van der Waals surface area contributed by atoms with E-state index in [1.54, 1.807) is 28.1 Å². The number of amides is 1. The highest BCUT2D eigenvalue weighted by atomic mass is 32.1. The SMILES string of the molecule is CC(=O)N(c1ccccc1)c1nc(C[NH+]2C[C@H](C)C[C@H](C)C2)cs1. The van der Waals surface area contributed by atoms with Crippen LogP contribution in [0.2, 0.25) is 0 Å². The Labute approximate surface area is 148 Å². The van der Waals surface area contributed by atoms with Crippen LogP contribution < -0.4 is 9.80 Å². The molecule has 1 aliphatic rings. The van der Waals surface area contributed by atoms with Gasteiger partial charge in [0.15, 0.2) is 5.13 Å². The summed E-state index contributed by atoms with van der Waals surface area (Å²) in [5, 5.41) is 2.87. The molecule has 1 aromatic heterocycles. The van der Waals surface area contributed by atoms with Crippen LogP contribution in [0.5, 0.6) is 0 Å². The summed E-state index contributed by atoms with van der Waals surface area (Å²) in [5.74, 6) is 1.55. The van der Waals surface area contributed by atoms with Crippen LogP contribution in [0.4, 0.5) is 10.8 Å². The normalized spacial score (nSPS) is 23.9. The molecule has 128 valence electrons. The Balaban J connectivity index is 1.75. The summed E-state index contributed by atoms with van der Waals surface area (Å²) in [4.78, 5) is 20.2. The molecule has 1 amide bonds. The molecular formula is C19H26N3OS+. The predicted molar refractivity (Wildman–Crippen MR) is 98.7 cm³/mol. The third-order valence-electron chi connectivity index (χ3n) is 4.57. The molecule has 1 N–H and O–H groups in total. The van der Waals surface area contributed by atoms with Gasteiger partial charge < -0.3 is 4.90 Å². The van der Waals surface area contributed by atoms with Gasteiger partial charge in [-0.1, -0.05) is 32.0 Å². The Bertz CT molecular complexity index is 675. The average Bonchev–Trinajstić information content (AvgIpc) is 2.95. The van der Waals surface area contributed by atoms with Crippen molar-refractivity contribution in [2.75, 3.05) is 18.0 Å². The van der Waals surface area contributed by atoms with Crippen LogP contribution in [0, 0.1) is 11.8 Å². The lowest BCUT2D eigenvalue weighted by Gasteiger charge is -2.31. The topological polar surface area (TPSA) is 37.6 Å². The van der Waals surface area contributed by atoms with E-state index in [0.717, 1.165) is 34.9 Å². The van der Waals surface area contributed by atoms with Gasteiger partial charge in [0.2, 0.25) is 5.91 Å². The second kappa shape index (κ2) is 7.45. The molecule has 1 unspecified atom stereocenters. The Morgan fingerprint density at radius 2 is 1.92 bits per heavy atom. The van der Waals surface area contributed by atoms with E-state index < -0.39 is 0 Å². The molecule has 1 aromatic carbocycles. The van der Waals surface area contributed by atoms with Crippen LogP contribution >= 0.6 is 11.3 Å². The van der Waals surface area contributed by atoms with Gasteiger partial charge in [0, 0.05) is 24.1 Å². The third-order valence-corrected chi connectivity index (χ3v) is 5.44. The standard InChI is InChI=1S/C19H25N3OS/c1-14-9-15(2)11-21(10-14)12-17-13-24-19(20-17)22(16(3)23)18-7-5-4-6-8-18/h4-8,13-15H,9-12H2,1-3H3/p+1/t14-,15+. The Hall–Kier alpha value is -1.72. The number of thiazole rings is 1. The smallest absolute Gasteiger partial charge is 0.230 e. The molecule has 0 aliphatic carbocycles. The summed E-state index contributed by atoms with van der Waals surface area (Å²) in [5.41, 5.74) is 1.96. The fourth-order valence-corrected chi connectivity index (χ4v) is 4.69. The molecule has 0 spiro atoms. The van der Waals surface area contributed by atoms with E-state index in [4.69, 9.17) is 4.98 Å². The molecule has 24 heavy (non-hydrogen) atoms. The molecule has 0 saturated carbocycles. The first-order valence-electron chi connectivity index (χ1n) is 8.66. The van der Waals surface area contributed by atoms with Crippen molar-refractivity contribution in [2.24, 2.45) is 11.8 Å². The van der Waals surface area contributed by atoms with Gasteiger partial charge in [-0.05, 0) is 18.6 Å². The van der Waals surface area contributed by atoms with Crippen LogP contribution in [0.1, 0.15) is 32.9 Å². The van der Waals surface area contributed by atoms with Crippen LogP contribution in [-0.2, 0) is 11.3 Å². The molecule has 3 rings (SSSR count). The van der Waals surface area contributed by atoms with Gasteiger partial charge in [-0.25, -0.2) is 4.98 Å². The van der Waals surface area contributed by atoms with E-state index in [-0.39, 0.29) is 5.91 Å². The van der Waals surface area contributed by atoms with Crippen molar-refractivity contribution in [3.63, 3.8) is 0 Å². The van der Waals surface area contributed by atoms with Crippen molar-refractivity contribution >= 4 is 28.1 Å². The number of nitrogens with zero attached hydrogens (tertiary/aromatic N) is 2. The first-order chi connectivity index (χ1) is 11.5. The molecule has 1 saturated heterocycles. The quantitative estimate of drug-likeness (QED) is 0.926. The summed E-state index contributed by atoms with van der Waals surface area (Å²) >= 11 is 1.55. The van der Waals surface area contributed by atoms with Crippen LogP contribution in [0.15, 0.2) is 35.7 Å². The zero-order chi connectivity index (χ0) is 17.1. The summed E-state index contributed by atoms with van der Waals surface area (Å²) in [6.07, 6.45) is 1.33. The van der Waals surface area contributed by atoms with Gasteiger partial charge in [-0.2, -0.15) is 0 Å². The van der Waals surface area contributed by atoms with Crippen molar-refractivity contribution < 1.29 is 9.69 Å². The van der Waals surface area contributed by atoms with E-state index in [2.05, 4.69) is 19.2 Å². The van der Waals surface area contributed by atoms with Crippen LogP contribution in [0.3, 0.4) is 0 Å². The largest absolute Gasteiger partial charge is 0.329 e. The number of para-hydroxylation sites is 1. The maximum Gasteiger partial charge on any atom is 0.230 e. The maximum atomic E-state index is 12.1. The van der Waals surface area contributed by atoms with Crippen molar-refractivity contribution in [2.45, 2.75) is 33.7 Å². The van der Waals surface area contributed by atoms with Gasteiger partial charge in [0.25, 0.3) is 0 Å². The molecule has 3 atom stereocenters. The molecule has 0 bridgehead atoms. The van der Waals surface area contributed by atoms with Gasteiger partial charge in [0.1, 0.15) is 12.2 Å².